The fourth-order valence-corrected chi connectivity index (χ4v) is 19.0. The summed E-state index contributed by atoms with van der Waals surface area (Å²) < 4.78 is 26.4. The van der Waals surface area contributed by atoms with Crippen LogP contribution in [-0.4, -0.2) is 102 Å². The first-order valence-corrected chi connectivity index (χ1v) is 26.0. The van der Waals surface area contributed by atoms with Crippen LogP contribution in [0.25, 0.3) is 0 Å². The fourth-order valence-electron chi connectivity index (χ4n) is 19.0. The standard InChI is InChI=1S/C54H76N2O9/c1-27-45-41(64-52(27)15-13-46(3,59)25-62-52)19-35-31-11-9-29-17-37-39(23-48(29,5)33(31)20-42(57)50(35,45)7)55-38-18-30-10-12-32-34(49(30,6)24-40(38)56-37)21-43(58)51(8)36(32)22-44-54(51,61)28(2)53(65-44)16-14-47(4,60)26-63-53/h19,22,27-34,41-45,57-61H,9-18,20-21,23-26H2,1-8H3/t27-,28+,29-,30-,31+,32+,33-,34-,41-,42+,43+,44-,45-,46-,47-,48-,49-,50+,51+,52-,53+,54+/m0/s1. The van der Waals surface area contributed by atoms with Crippen molar-refractivity contribution < 1.29 is 44.5 Å². The summed E-state index contributed by atoms with van der Waals surface area (Å²) in [6.45, 7) is 17.8. The van der Waals surface area contributed by atoms with Crippen LogP contribution in [0.15, 0.2) is 23.3 Å². The number of ether oxygens (including phenoxy) is 4. The molecule has 356 valence electrons. The van der Waals surface area contributed by atoms with Crippen molar-refractivity contribution in [3.05, 3.63) is 46.1 Å². The number of hydrogen-bond acceptors (Lipinski definition) is 11. The number of rotatable bonds is 0. The zero-order valence-corrected chi connectivity index (χ0v) is 40.2. The topological polar surface area (TPSA) is 164 Å². The Morgan fingerprint density at radius 2 is 1.15 bits per heavy atom. The van der Waals surface area contributed by atoms with E-state index in [1.54, 1.807) is 6.92 Å². The van der Waals surface area contributed by atoms with E-state index in [9.17, 15) is 25.5 Å². The Hall–Kier alpha value is -1.80. The molecule has 0 unspecified atom stereocenters. The lowest BCUT2D eigenvalue weighted by molar-refractivity contribution is -0.289. The van der Waals surface area contributed by atoms with Crippen molar-refractivity contribution in [1.29, 1.82) is 0 Å². The summed E-state index contributed by atoms with van der Waals surface area (Å²) in [6.07, 6.45) is 14.6. The molecule has 5 N–H and O–H groups in total. The van der Waals surface area contributed by atoms with Gasteiger partial charge in [-0.05, 0) is 137 Å². The van der Waals surface area contributed by atoms with Crippen molar-refractivity contribution in [2.75, 3.05) is 13.2 Å². The van der Waals surface area contributed by atoms with Crippen molar-refractivity contribution in [1.82, 2.24) is 9.97 Å². The third kappa shape index (κ3) is 5.25. The zero-order chi connectivity index (χ0) is 45.4. The fraction of sp³-hybridized carbons (Fsp3) is 0.852. The van der Waals surface area contributed by atoms with E-state index in [4.69, 9.17) is 28.9 Å². The van der Waals surface area contributed by atoms with Gasteiger partial charge in [-0.25, -0.2) is 0 Å². The van der Waals surface area contributed by atoms with Gasteiger partial charge in [-0.1, -0.05) is 64.8 Å². The highest BCUT2D eigenvalue weighted by molar-refractivity contribution is 5.43. The van der Waals surface area contributed by atoms with E-state index in [1.165, 1.54) is 28.2 Å². The van der Waals surface area contributed by atoms with Crippen molar-refractivity contribution in [3.63, 3.8) is 0 Å². The lowest BCUT2D eigenvalue weighted by Crippen LogP contribution is -2.64. The Balaban J connectivity index is 0.760. The summed E-state index contributed by atoms with van der Waals surface area (Å²) in [5.74, 6) is 0.408. The van der Waals surface area contributed by atoms with Gasteiger partial charge in [0.05, 0.1) is 65.5 Å². The van der Waals surface area contributed by atoms with Crippen LogP contribution in [0, 0.1) is 74.9 Å². The van der Waals surface area contributed by atoms with Gasteiger partial charge in [0, 0.05) is 41.4 Å². The number of fused-ring (bicyclic) bond motifs is 16. The van der Waals surface area contributed by atoms with Gasteiger partial charge in [0.1, 0.15) is 11.7 Å². The monoisotopic (exact) mass is 897 g/mol. The lowest BCUT2D eigenvalue weighted by Gasteiger charge is -2.61. The van der Waals surface area contributed by atoms with Crippen molar-refractivity contribution >= 4 is 0 Å². The number of hydrogen-bond donors (Lipinski definition) is 5. The molecule has 11 heteroatoms. The molecule has 1 aromatic heterocycles. The van der Waals surface area contributed by atoms with E-state index in [1.807, 2.05) is 13.8 Å². The summed E-state index contributed by atoms with van der Waals surface area (Å²) in [4.78, 5) is 11.2. The van der Waals surface area contributed by atoms with Gasteiger partial charge in [0.15, 0.2) is 11.6 Å². The smallest absolute Gasteiger partial charge is 0.174 e. The summed E-state index contributed by atoms with van der Waals surface area (Å²) in [5, 5.41) is 59.2. The average Bonchev–Trinajstić information content (AvgIpc) is 3.86. The van der Waals surface area contributed by atoms with Crippen LogP contribution in [0.5, 0.6) is 0 Å². The van der Waals surface area contributed by atoms with E-state index in [2.05, 4.69) is 46.8 Å². The summed E-state index contributed by atoms with van der Waals surface area (Å²) in [5.41, 5.74) is 3.00. The Morgan fingerprint density at radius 3 is 1.71 bits per heavy atom. The molecule has 0 amide bonds. The highest BCUT2D eigenvalue weighted by Gasteiger charge is 2.77. The molecule has 12 aliphatic rings. The molecule has 4 saturated carbocycles. The average molecular weight is 897 g/mol. The first-order valence-electron chi connectivity index (χ1n) is 26.0. The molecule has 4 saturated heterocycles. The molecule has 4 aliphatic heterocycles. The second kappa shape index (κ2) is 13.1. The first-order chi connectivity index (χ1) is 30.5. The normalized spacial score (nSPS) is 59.1. The highest BCUT2D eigenvalue weighted by Crippen LogP contribution is 2.72. The summed E-state index contributed by atoms with van der Waals surface area (Å²) in [7, 11) is 0. The lowest BCUT2D eigenvalue weighted by atomic mass is 9.44. The molecule has 1 aromatic rings. The second-order valence-corrected chi connectivity index (χ2v) is 26.2. The van der Waals surface area contributed by atoms with Crippen LogP contribution in [-0.2, 0) is 44.6 Å². The Kier molecular flexibility index (Phi) is 8.73. The first kappa shape index (κ1) is 43.2. The van der Waals surface area contributed by atoms with Gasteiger partial charge < -0.3 is 44.5 Å². The molecule has 0 aromatic carbocycles. The number of aromatic nitrogens is 2. The van der Waals surface area contributed by atoms with E-state index in [0.29, 0.717) is 55.8 Å². The molecule has 5 heterocycles. The predicted molar refractivity (Wildman–Crippen MR) is 240 cm³/mol. The van der Waals surface area contributed by atoms with E-state index < -0.39 is 52.1 Å². The van der Waals surface area contributed by atoms with Gasteiger partial charge in [-0.3, -0.25) is 9.97 Å². The van der Waals surface area contributed by atoms with Gasteiger partial charge >= 0.3 is 0 Å². The minimum Gasteiger partial charge on any atom is -0.392 e. The van der Waals surface area contributed by atoms with Gasteiger partial charge in [0.2, 0.25) is 0 Å². The second-order valence-electron chi connectivity index (χ2n) is 26.2. The zero-order valence-electron chi connectivity index (χ0n) is 40.2. The maximum atomic E-state index is 12.9. The molecule has 0 bridgehead atoms. The number of nitrogens with zero attached hydrogens (tertiary/aromatic N) is 2. The molecule has 11 nitrogen and oxygen atoms in total. The molecule has 65 heavy (non-hydrogen) atoms. The van der Waals surface area contributed by atoms with Crippen LogP contribution >= 0.6 is 0 Å². The Bertz CT molecular complexity index is 2270. The number of aliphatic hydroxyl groups is 5. The molecule has 13 rings (SSSR count). The molecular weight excluding hydrogens is 821 g/mol. The molecule has 8 aliphatic carbocycles. The van der Waals surface area contributed by atoms with Crippen molar-refractivity contribution in [3.8, 4) is 0 Å². The van der Waals surface area contributed by atoms with Crippen LogP contribution < -0.4 is 0 Å². The predicted octanol–water partition coefficient (Wildman–Crippen LogP) is 6.33. The molecular formula is C54H76N2O9. The van der Waals surface area contributed by atoms with Crippen molar-refractivity contribution in [2.45, 2.75) is 198 Å². The summed E-state index contributed by atoms with van der Waals surface area (Å²) in [6, 6.07) is 0. The minimum absolute atomic E-state index is 0.0122. The largest absolute Gasteiger partial charge is 0.392 e. The molecule has 8 fully saturated rings. The molecule has 0 radical (unpaired) electrons. The summed E-state index contributed by atoms with van der Waals surface area (Å²) >= 11 is 0. The van der Waals surface area contributed by atoms with Crippen LogP contribution in [0.3, 0.4) is 0 Å². The number of aliphatic hydroxyl groups excluding tert-OH is 2. The SMILES string of the molecule is C[C@@H]1[C@@]2(CC[C@](C)(O)CO2)O[C@H]2C=C3[C@@H]4CC[C@H]5Cc6nc7c(nc6C[C@]5(C)[C@H]4C[C@@H](O)[C@]3(C)[C@]21O)C[C@@H]1CC[C@H]2C3=C[C@@H]4O[C@@]5(CC[C@](C)(O)CO5)[C@@H](C)[C@@H]4[C@@]3(C)[C@H](O)C[C@@H]2[C@@]1(C)C7. The van der Waals surface area contributed by atoms with Crippen LogP contribution in [0.4, 0.5) is 0 Å². The van der Waals surface area contributed by atoms with Crippen LogP contribution in [0.1, 0.15) is 142 Å². The van der Waals surface area contributed by atoms with E-state index in [-0.39, 0.29) is 65.2 Å². The quantitative estimate of drug-likeness (QED) is 0.185. The Labute approximate surface area is 385 Å². The molecule has 2 spiro atoms. The molecule has 22 atom stereocenters. The van der Waals surface area contributed by atoms with Gasteiger partial charge in [-0.15, -0.1) is 0 Å². The minimum atomic E-state index is -1.31. The van der Waals surface area contributed by atoms with Gasteiger partial charge in [-0.2, -0.15) is 0 Å². The van der Waals surface area contributed by atoms with Gasteiger partial charge in [0.25, 0.3) is 0 Å². The highest BCUT2D eigenvalue weighted by atomic mass is 16.7. The maximum absolute atomic E-state index is 12.9. The third-order valence-corrected chi connectivity index (χ3v) is 23.2. The Morgan fingerprint density at radius 1 is 0.615 bits per heavy atom. The van der Waals surface area contributed by atoms with Crippen molar-refractivity contribution in [2.24, 2.45) is 74.9 Å². The third-order valence-electron chi connectivity index (χ3n) is 23.2. The van der Waals surface area contributed by atoms with E-state index >= 15 is 0 Å². The van der Waals surface area contributed by atoms with Crippen LogP contribution in [0.2, 0.25) is 0 Å². The maximum Gasteiger partial charge on any atom is 0.174 e. The van der Waals surface area contributed by atoms with E-state index in [0.717, 1.165) is 63.5 Å².